The number of likely N-dealkylation sites (tertiary alicyclic amines) is 1. The molecule has 4 nitrogen and oxygen atoms in total. The van der Waals surface area contributed by atoms with Gasteiger partial charge in [0.1, 0.15) is 5.75 Å². The van der Waals surface area contributed by atoms with Gasteiger partial charge in [-0.2, -0.15) is 0 Å². The third kappa shape index (κ3) is 3.19. The molecular weight excluding hydrogens is 240 g/mol. The van der Waals surface area contributed by atoms with Crippen molar-refractivity contribution in [3.05, 3.63) is 23.8 Å². The van der Waals surface area contributed by atoms with Crippen LogP contribution in [0.15, 0.2) is 18.2 Å². The number of para-hydroxylation sites is 1. The molecule has 2 N–H and O–H groups in total. The number of nitrogens with zero attached hydrogens (tertiary/aromatic N) is 1. The van der Waals surface area contributed by atoms with Crippen LogP contribution in [0.4, 0.5) is 5.69 Å². The Morgan fingerprint density at radius 3 is 2.68 bits per heavy atom. The largest absolute Gasteiger partial charge is 0.479 e. The molecule has 0 saturated carbocycles. The minimum absolute atomic E-state index is 0.0561. The van der Waals surface area contributed by atoms with E-state index >= 15 is 0 Å². The van der Waals surface area contributed by atoms with Crippen molar-refractivity contribution >= 4 is 11.6 Å². The molecule has 0 bridgehead atoms. The van der Waals surface area contributed by atoms with Gasteiger partial charge < -0.3 is 15.4 Å². The minimum atomic E-state index is -0.484. The van der Waals surface area contributed by atoms with Gasteiger partial charge in [0.15, 0.2) is 6.10 Å². The second kappa shape index (κ2) is 5.95. The number of carbonyl (C=O) groups excluding carboxylic acids is 1. The Morgan fingerprint density at radius 2 is 2.00 bits per heavy atom. The standard InChI is InChI=1S/C15H22N2O2/c1-11-7-6-8-13(14(11)16)19-12(2)15(18)17-9-4-3-5-10-17/h6-8,12H,3-5,9-10,16H2,1-2H3. The zero-order valence-electron chi connectivity index (χ0n) is 11.7. The lowest BCUT2D eigenvalue weighted by molar-refractivity contribution is -0.138. The molecule has 2 rings (SSSR count). The number of nitrogen functional groups attached to an aromatic ring is 1. The molecule has 4 heteroatoms. The first-order valence-electron chi connectivity index (χ1n) is 6.90. The maximum absolute atomic E-state index is 12.3. The average Bonchev–Trinajstić information content (AvgIpc) is 2.44. The first kappa shape index (κ1) is 13.7. The van der Waals surface area contributed by atoms with Crippen LogP contribution in [0.1, 0.15) is 31.7 Å². The molecule has 0 radical (unpaired) electrons. The first-order chi connectivity index (χ1) is 9.09. The zero-order chi connectivity index (χ0) is 13.8. The molecule has 1 amide bonds. The van der Waals surface area contributed by atoms with E-state index in [1.165, 1.54) is 6.42 Å². The predicted molar refractivity (Wildman–Crippen MR) is 76.1 cm³/mol. The highest BCUT2D eigenvalue weighted by Gasteiger charge is 2.23. The number of nitrogens with two attached hydrogens (primary N) is 1. The summed E-state index contributed by atoms with van der Waals surface area (Å²) < 4.78 is 5.72. The Morgan fingerprint density at radius 1 is 1.32 bits per heavy atom. The van der Waals surface area contributed by atoms with Gasteiger partial charge in [0.2, 0.25) is 0 Å². The van der Waals surface area contributed by atoms with E-state index in [4.69, 9.17) is 10.5 Å². The van der Waals surface area contributed by atoms with Crippen LogP contribution >= 0.6 is 0 Å². The van der Waals surface area contributed by atoms with E-state index < -0.39 is 6.10 Å². The molecule has 19 heavy (non-hydrogen) atoms. The van der Waals surface area contributed by atoms with Crippen LogP contribution in [-0.2, 0) is 4.79 Å². The van der Waals surface area contributed by atoms with Crippen molar-refractivity contribution in [2.45, 2.75) is 39.2 Å². The van der Waals surface area contributed by atoms with Crippen molar-refractivity contribution in [1.82, 2.24) is 4.90 Å². The SMILES string of the molecule is Cc1cccc(OC(C)C(=O)N2CCCCC2)c1N. The van der Waals surface area contributed by atoms with Crippen LogP contribution in [0.25, 0.3) is 0 Å². The molecule has 1 aliphatic rings. The molecule has 1 atom stereocenters. The smallest absolute Gasteiger partial charge is 0.263 e. The average molecular weight is 262 g/mol. The molecule has 1 aliphatic heterocycles. The lowest BCUT2D eigenvalue weighted by Crippen LogP contribution is -2.43. The van der Waals surface area contributed by atoms with Gasteiger partial charge in [0.05, 0.1) is 5.69 Å². The second-order valence-electron chi connectivity index (χ2n) is 5.13. The van der Waals surface area contributed by atoms with Gasteiger partial charge in [-0.25, -0.2) is 0 Å². The third-order valence-electron chi connectivity index (χ3n) is 3.60. The Bertz CT molecular complexity index is 453. The normalized spacial score (nSPS) is 17.1. The van der Waals surface area contributed by atoms with E-state index in [0.29, 0.717) is 11.4 Å². The van der Waals surface area contributed by atoms with Gasteiger partial charge in [-0.3, -0.25) is 4.79 Å². The highest BCUT2D eigenvalue weighted by Crippen LogP contribution is 2.25. The molecule has 1 fully saturated rings. The maximum Gasteiger partial charge on any atom is 0.263 e. The zero-order valence-corrected chi connectivity index (χ0v) is 11.7. The minimum Gasteiger partial charge on any atom is -0.479 e. The Kier molecular flexibility index (Phi) is 4.30. The molecule has 1 heterocycles. The lowest BCUT2D eigenvalue weighted by Gasteiger charge is -2.29. The number of amides is 1. The van der Waals surface area contributed by atoms with Gasteiger partial charge in [0, 0.05) is 13.1 Å². The summed E-state index contributed by atoms with van der Waals surface area (Å²) in [7, 11) is 0. The highest BCUT2D eigenvalue weighted by molar-refractivity contribution is 5.81. The van der Waals surface area contributed by atoms with Crippen molar-refractivity contribution in [2.24, 2.45) is 0 Å². The van der Waals surface area contributed by atoms with E-state index in [-0.39, 0.29) is 5.91 Å². The molecule has 1 aromatic rings. The fourth-order valence-electron chi connectivity index (χ4n) is 2.37. The van der Waals surface area contributed by atoms with Gasteiger partial charge in [-0.15, -0.1) is 0 Å². The van der Waals surface area contributed by atoms with Crippen molar-refractivity contribution in [3.8, 4) is 5.75 Å². The molecular formula is C15H22N2O2. The van der Waals surface area contributed by atoms with Crippen LogP contribution in [0.3, 0.4) is 0 Å². The number of benzene rings is 1. The van der Waals surface area contributed by atoms with Crippen molar-refractivity contribution in [2.75, 3.05) is 18.8 Å². The second-order valence-corrected chi connectivity index (χ2v) is 5.13. The van der Waals surface area contributed by atoms with Crippen LogP contribution in [0.5, 0.6) is 5.75 Å². The van der Waals surface area contributed by atoms with E-state index in [2.05, 4.69) is 0 Å². The molecule has 1 saturated heterocycles. The summed E-state index contributed by atoms with van der Waals surface area (Å²) in [6, 6.07) is 5.63. The maximum atomic E-state index is 12.3. The molecule has 1 aromatic carbocycles. The number of hydrogen-bond acceptors (Lipinski definition) is 3. The summed E-state index contributed by atoms with van der Waals surface area (Å²) in [6.07, 6.45) is 2.90. The van der Waals surface area contributed by atoms with E-state index in [1.54, 1.807) is 6.92 Å². The number of anilines is 1. The Hall–Kier alpha value is -1.71. The topological polar surface area (TPSA) is 55.6 Å². The molecule has 0 aromatic heterocycles. The van der Waals surface area contributed by atoms with Crippen molar-refractivity contribution in [3.63, 3.8) is 0 Å². The van der Waals surface area contributed by atoms with Gasteiger partial charge in [-0.1, -0.05) is 12.1 Å². The summed E-state index contributed by atoms with van der Waals surface area (Å²) in [5, 5.41) is 0. The van der Waals surface area contributed by atoms with Crippen molar-refractivity contribution in [1.29, 1.82) is 0 Å². The van der Waals surface area contributed by atoms with E-state index in [0.717, 1.165) is 31.5 Å². The van der Waals surface area contributed by atoms with E-state index in [1.807, 2.05) is 30.0 Å². The fraction of sp³-hybridized carbons (Fsp3) is 0.533. The highest BCUT2D eigenvalue weighted by atomic mass is 16.5. The quantitative estimate of drug-likeness (QED) is 0.851. The number of piperidine rings is 1. The number of rotatable bonds is 3. The van der Waals surface area contributed by atoms with Crippen LogP contribution in [0.2, 0.25) is 0 Å². The van der Waals surface area contributed by atoms with Crippen LogP contribution in [0, 0.1) is 6.92 Å². The van der Waals surface area contributed by atoms with Gasteiger partial charge in [-0.05, 0) is 44.7 Å². The summed E-state index contributed by atoms with van der Waals surface area (Å²) in [4.78, 5) is 14.1. The fourth-order valence-corrected chi connectivity index (χ4v) is 2.37. The van der Waals surface area contributed by atoms with Gasteiger partial charge in [0.25, 0.3) is 5.91 Å². The summed E-state index contributed by atoms with van der Waals surface area (Å²) >= 11 is 0. The molecule has 0 spiro atoms. The first-order valence-corrected chi connectivity index (χ1v) is 6.90. The Balaban J connectivity index is 2.01. The number of hydrogen-bond donors (Lipinski definition) is 1. The summed E-state index contributed by atoms with van der Waals surface area (Å²) in [5.74, 6) is 0.651. The predicted octanol–water partition coefficient (Wildman–Crippen LogP) is 2.36. The number of ether oxygens (including phenoxy) is 1. The van der Waals surface area contributed by atoms with E-state index in [9.17, 15) is 4.79 Å². The summed E-state index contributed by atoms with van der Waals surface area (Å²) in [5.41, 5.74) is 7.54. The van der Waals surface area contributed by atoms with Crippen LogP contribution < -0.4 is 10.5 Å². The molecule has 0 aliphatic carbocycles. The molecule has 104 valence electrons. The van der Waals surface area contributed by atoms with Crippen molar-refractivity contribution < 1.29 is 9.53 Å². The van der Waals surface area contributed by atoms with Crippen LogP contribution in [-0.4, -0.2) is 30.0 Å². The third-order valence-corrected chi connectivity index (χ3v) is 3.60. The Labute approximate surface area is 114 Å². The lowest BCUT2D eigenvalue weighted by atomic mass is 10.1. The van der Waals surface area contributed by atoms with Gasteiger partial charge >= 0.3 is 0 Å². The number of aryl methyl sites for hydroxylation is 1. The summed E-state index contributed by atoms with van der Waals surface area (Å²) in [6.45, 7) is 5.41. The number of carbonyl (C=O) groups is 1. The monoisotopic (exact) mass is 262 g/mol. The molecule has 1 unspecified atom stereocenters.